The van der Waals surface area contributed by atoms with Crippen LogP contribution in [0.4, 0.5) is 4.39 Å². The Hall–Kier alpha value is -0.0851. The van der Waals surface area contributed by atoms with Gasteiger partial charge in [0.1, 0.15) is 13.5 Å². The van der Waals surface area contributed by atoms with Crippen molar-refractivity contribution in [2.75, 3.05) is 0 Å². The van der Waals surface area contributed by atoms with E-state index >= 15 is 0 Å². The van der Waals surface area contributed by atoms with E-state index in [0.717, 1.165) is 0 Å². The first-order valence-corrected chi connectivity index (χ1v) is 3.71. The summed E-state index contributed by atoms with van der Waals surface area (Å²) in [7, 11) is 5.33. The van der Waals surface area contributed by atoms with Gasteiger partial charge in [-0.05, 0) is 13.8 Å². The smallest absolute Gasteiger partial charge is 0.128 e. The molecule has 1 rings (SSSR count). The topological polar surface area (TPSA) is 29.5 Å². The van der Waals surface area contributed by atoms with Crippen LogP contribution in [0.3, 0.4) is 0 Å². The van der Waals surface area contributed by atoms with E-state index in [2.05, 4.69) is 0 Å². The Morgan fingerprint density at radius 3 is 2.55 bits per heavy atom. The molecule has 1 unspecified atom stereocenters. The lowest BCUT2D eigenvalue weighted by Crippen LogP contribution is -2.29. The average Bonchev–Trinajstić information content (AvgIpc) is 2.08. The highest BCUT2D eigenvalue weighted by Crippen LogP contribution is 2.33. The molecule has 11 heavy (non-hydrogen) atoms. The van der Waals surface area contributed by atoms with Crippen LogP contribution in [0.1, 0.15) is 20.3 Å². The Labute approximate surface area is 67.1 Å². The first-order valence-electron chi connectivity index (χ1n) is 3.71. The minimum Gasteiger partial charge on any atom is -0.391 e. The van der Waals surface area contributed by atoms with Crippen molar-refractivity contribution in [2.45, 2.75) is 44.1 Å². The summed E-state index contributed by atoms with van der Waals surface area (Å²) in [5.74, 6) is 0. The van der Waals surface area contributed by atoms with Crippen LogP contribution >= 0.6 is 0 Å². The molecule has 0 aromatic rings. The fraction of sp³-hybridized carbons (Fsp3) is 1.00. The molecule has 4 atom stereocenters. The summed E-state index contributed by atoms with van der Waals surface area (Å²) in [6.45, 7) is 2.96. The fourth-order valence-electron chi connectivity index (χ4n) is 1.17. The van der Waals surface area contributed by atoms with Crippen LogP contribution in [-0.2, 0) is 4.74 Å². The molecule has 1 N–H and O–H groups in total. The SMILES string of the molecule is [B][C@@H]1O[C@H](C(C)O)C[C@@]1(C)F. The van der Waals surface area contributed by atoms with Crippen molar-refractivity contribution < 1.29 is 14.2 Å². The van der Waals surface area contributed by atoms with Gasteiger partial charge in [-0.15, -0.1) is 0 Å². The number of ether oxygens (including phenoxy) is 1. The zero-order valence-corrected chi connectivity index (χ0v) is 6.75. The van der Waals surface area contributed by atoms with Gasteiger partial charge >= 0.3 is 0 Å². The van der Waals surface area contributed by atoms with Gasteiger partial charge in [0, 0.05) is 6.42 Å². The second-order valence-corrected chi connectivity index (χ2v) is 3.32. The molecule has 0 aromatic heterocycles. The van der Waals surface area contributed by atoms with Gasteiger partial charge in [0.05, 0.1) is 18.2 Å². The Morgan fingerprint density at radius 1 is 1.82 bits per heavy atom. The second-order valence-electron chi connectivity index (χ2n) is 3.32. The third-order valence-electron chi connectivity index (χ3n) is 2.05. The molecule has 0 spiro atoms. The van der Waals surface area contributed by atoms with E-state index in [9.17, 15) is 4.39 Å². The predicted molar refractivity (Wildman–Crippen MR) is 40.2 cm³/mol. The molecule has 0 aliphatic carbocycles. The molecule has 1 fully saturated rings. The summed E-state index contributed by atoms with van der Waals surface area (Å²) in [4.78, 5) is 0. The standard InChI is InChI=1S/C7H12BFO2/c1-4(10)5-3-7(2,9)6(8)11-5/h4-6,10H,3H2,1-2H3/t4?,5-,6+,7+/m0/s1. The summed E-state index contributed by atoms with van der Waals surface area (Å²) in [5, 5.41) is 9.05. The van der Waals surface area contributed by atoms with Crippen LogP contribution in [-0.4, -0.2) is 36.8 Å². The molecule has 0 bridgehead atoms. The highest BCUT2D eigenvalue weighted by Gasteiger charge is 2.43. The van der Waals surface area contributed by atoms with Gasteiger partial charge in [-0.2, -0.15) is 0 Å². The first kappa shape index (κ1) is 9.01. The lowest BCUT2D eigenvalue weighted by molar-refractivity contribution is -0.00953. The maximum Gasteiger partial charge on any atom is 0.128 e. The molecular weight excluding hydrogens is 146 g/mol. The van der Waals surface area contributed by atoms with Crippen molar-refractivity contribution in [2.24, 2.45) is 0 Å². The molecule has 2 radical (unpaired) electrons. The highest BCUT2D eigenvalue weighted by molar-refractivity contribution is 6.12. The monoisotopic (exact) mass is 158 g/mol. The number of alkyl halides is 1. The molecule has 62 valence electrons. The molecule has 1 aliphatic rings. The van der Waals surface area contributed by atoms with Crippen LogP contribution in [0.15, 0.2) is 0 Å². The van der Waals surface area contributed by atoms with Crippen LogP contribution in [0, 0.1) is 0 Å². The first-order chi connectivity index (χ1) is 4.93. The van der Waals surface area contributed by atoms with Crippen molar-refractivity contribution in [3.05, 3.63) is 0 Å². The zero-order valence-electron chi connectivity index (χ0n) is 6.75. The van der Waals surface area contributed by atoms with E-state index in [1.54, 1.807) is 6.92 Å². The molecule has 1 saturated heterocycles. The quantitative estimate of drug-likeness (QED) is 0.559. The van der Waals surface area contributed by atoms with E-state index in [4.69, 9.17) is 17.7 Å². The van der Waals surface area contributed by atoms with E-state index in [1.165, 1.54) is 6.92 Å². The summed E-state index contributed by atoms with van der Waals surface area (Å²) >= 11 is 0. The number of aliphatic hydroxyl groups is 1. The molecule has 1 heterocycles. The van der Waals surface area contributed by atoms with Crippen molar-refractivity contribution in [3.8, 4) is 0 Å². The number of rotatable bonds is 1. The molecule has 1 aliphatic heterocycles. The number of halogens is 1. The Bertz CT molecular complexity index is 149. The second kappa shape index (κ2) is 2.75. The van der Waals surface area contributed by atoms with Crippen molar-refractivity contribution in [3.63, 3.8) is 0 Å². The van der Waals surface area contributed by atoms with E-state index in [0.29, 0.717) is 0 Å². The lowest BCUT2D eigenvalue weighted by Gasteiger charge is -2.16. The summed E-state index contributed by atoms with van der Waals surface area (Å²) < 4.78 is 18.2. The van der Waals surface area contributed by atoms with Gasteiger partial charge in [-0.3, -0.25) is 0 Å². The van der Waals surface area contributed by atoms with Crippen molar-refractivity contribution >= 4 is 7.85 Å². The van der Waals surface area contributed by atoms with Crippen LogP contribution in [0.25, 0.3) is 0 Å². The van der Waals surface area contributed by atoms with Gasteiger partial charge in [0.15, 0.2) is 0 Å². The van der Waals surface area contributed by atoms with Gasteiger partial charge in [-0.25, -0.2) is 4.39 Å². The van der Waals surface area contributed by atoms with Crippen molar-refractivity contribution in [1.82, 2.24) is 0 Å². The van der Waals surface area contributed by atoms with Crippen LogP contribution in [0.5, 0.6) is 0 Å². The predicted octanol–water partition coefficient (Wildman–Crippen LogP) is 0.379. The van der Waals surface area contributed by atoms with Gasteiger partial charge < -0.3 is 9.84 Å². The summed E-state index contributed by atoms with van der Waals surface area (Å²) in [5.41, 5.74) is -1.50. The summed E-state index contributed by atoms with van der Waals surface area (Å²) in [6.07, 6.45) is -0.940. The molecule has 0 amide bonds. The molecule has 0 saturated carbocycles. The lowest BCUT2D eigenvalue weighted by atomic mass is 9.85. The van der Waals surface area contributed by atoms with Crippen LogP contribution < -0.4 is 0 Å². The molecule has 4 heteroatoms. The summed E-state index contributed by atoms with van der Waals surface area (Å²) in [6, 6.07) is -0.901. The minimum absolute atomic E-state index is 0.172. The van der Waals surface area contributed by atoms with Gasteiger partial charge in [0.25, 0.3) is 0 Å². The highest BCUT2D eigenvalue weighted by atomic mass is 19.1. The van der Waals surface area contributed by atoms with Gasteiger partial charge in [-0.1, -0.05) is 0 Å². The third-order valence-corrected chi connectivity index (χ3v) is 2.05. The molecular formula is C7H12BFO2. The minimum atomic E-state index is -1.50. The van der Waals surface area contributed by atoms with Crippen molar-refractivity contribution in [1.29, 1.82) is 0 Å². The van der Waals surface area contributed by atoms with E-state index < -0.39 is 23.9 Å². The zero-order chi connectivity index (χ0) is 8.65. The normalized spacial score (nSPS) is 47.6. The van der Waals surface area contributed by atoms with Gasteiger partial charge in [0.2, 0.25) is 0 Å². The van der Waals surface area contributed by atoms with E-state index in [1.807, 2.05) is 0 Å². The third kappa shape index (κ3) is 1.74. The average molecular weight is 158 g/mol. The number of hydrogen-bond donors (Lipinski definition) is 1. The number of hydrogen-bond acceptors (Lipinski definition) is 2. The fourth-order valence-corrected chi connectivity index (χ4v) is 1.17. The Balaban J connectivity index is 2.57. The van der Waals surface area contributed by atoms with E-state index in [-0.39, 0.29) is 6.42 Å². The maximum absolute atomic E-state index is 13.3. The Kier molecular flexibility index (Phi) is 2.26. The number of aliphatic hydroxyl groups excluding tert-OH is 1. The maximum atomic E-state index is 13.3. The largest absolute Gasteiger partial charge is 0.391 e. The van der Waals surface area contributed by atoms with Crippen LogP contribution in [0.2, 0.25) is 0 Å². The Morgan fingerprint density at radius 2 is 2.36 bits per heavy atom. The molecule has 2 nitrogen and oxygen atoms in total. The molecule has 0 aromatic carbocycles.